The zero-order valence-electron chi connectivity index (χ0n) is 16.4. The molecule has 2 N–H and O–H groups in total. The van der Waals surface area contributed by atoms with Crippen LogP contribution in [0.3, 0.4) is 0 Å². The molecule has 0 saturated carbocycles. The fourth-order valence-electron chi connectivity index (χ4n) is 2.37. The highest BCUT2D eigenvalue weighted by atomic mass is 127. The predicted octanol–water partition coefficient (Wildman–Crippen LogP) is 3.66. The van der Waals surface area contributed by atoms with Gasteiger partial charge >= 0.3 is 0 Å². The largest absolute Gasteiger partial charge is 0.493 e. The molecule has 27 heavy (non-hydrogen) atoms. The van der Waals surface area contributed by atoms with Crippen LogP contribution in [0.15, 0.2) is 29.4 Å². The first-order chi connectivity index (χ1) is 12.6. The van der Waals surface area contributed by atoms with Crippen LogP contribution in [0.5, 0.6) is 5.75 Å². The van der Waals surface area contributed by atoms with Crippen LogP contribution in [-0.4, -0.2) is 38.3 Å². The van der Waals surface area contributed by atoms with Crippen molar-refractivity contribution in [3.05, 3.63) is 45.4 Å². The smallest absolute Gasteiger partial charge is 0.191 e. The number of rotatable bonds is 9. The lowest BCUT2D eigenvalue weighted by Crippen LogP contribution is -2.36. The van der Waals surface area contributed by atoms with Crippen LogP contribution in [0.4, 0.5) is 0 Å². The van der Waals surface area contributed by atoms with Gasteiger partial charge in [0.15, 0.2) is 5.96 Å². The van der Waals surface area contributed by atoms with Crippen LogP contribution in [0.1, 0.15) is 27.4 Å². The van der Waals surface area contributed by atoms with Gasteiger partial charge in [-0.3, -0.25) is 4.99 Å². The molecule has 150 valence electrons. The summed E-state index contributed by atoms with van der Waals surface area (Å²) < 4.78 is 11.0. The number of hydrogen-bond acceptors (Lipinski definition) is 5. The maximum absolute atomic E-state index is 5.93. The molecule has 0 saturated heterocycles. The Kier molecular flexibility index (Phi) is 11.3. The van der Waals surface area contributed by atoms with Crippen molar-refractivity contribution in [2.75, 3.05) is 27.4 Å². The van der Waals surface area contributed by atoms with Crippen molar-refractivity contribution in [1.29, 1.82) is 0 Å². The van der Waals surface area contributed by atoms with Crippen LogP contribution in [0.2, 0.25) is 0 Å². The highest BCUT2D eigenvalue weighted by Crippen LogP contribution is 2.20. The van der Waals surface area contributed by atoms with E-state index in [1.165, 1.54) is 10.4 Å². The number of ether oxygens (including phenoxy) is 2. The number of guanidine groups is 1. The molecular weight excluding hydrogens is 475 g/mol. The van der Waals surface area contributed by atoms with Gasteiger partial charge in [0.25, 0.3) is 0 Å². The van der Waals surface area contributed by atoms with E-state index in [0.29, 0.717) is 26.3 Å². The Bertz CT molecular complexity index is 721. The van der Waals surface area contributed by atoms with Crippen LogP contribution in [0, 0.1) is 13.8 Å². The molecule has 0 aliphatic carbocycles. The molecule has 0 atom stereocenters. The molecule has 1 aromatic heterocycles. The van der Waals surface area contributed by atoms with Crippen molar-refractivity contribution in [3.8, 4) is 5.75 Å². The van der Waals surface area contributed by atoms with Gasteiger partial charge < -0.3 is 20.1 Å². The molecular formula is C19H29IN4O2S. The third-order valence-corrected chi connectivity index (χ3v) is 4.63. The predicted molar refractivity (Wildman–Crippen MR) is 122 cm³/mol. The lowest BCUT2D eigenvalue weighted by molar-refractivity contribution is 0.171. The highest BCUT2D eigenvalue weighted by molar-refractivity contribution is 14.0. The summed E-state index contributed by atoms with van der Waals surface area (Å²) in [5.74, 6) is 1.64. The van der Waals surface area contributed by atoms with Crippen molar-refractivity contribution >= 4 is 41.3 Å². The van der Waals surface area contributed by atoms with Gasteiger partial charge in [-0.1, -0.05) is 12.1 Å². The molecule has 1 aromatic carbocycles. The average Bonchev–Trinajstić information content (AvgIpc) is 3.05. The maximum Gasteiger partial charge on any atom is 0.191 e. The summed E-state index contributed by atoms with van der Waals surface area (Å²) in [5, 5.41) is 7.67. The van der Waals surface area contributed by atoms with E-state index < -0.39 is 0 Å². The van der Waals surface area contributed by atoms with E-state index in [4.69, 9.17) is 9.47 Å². The van der Waals surface area contributed by atoms with E-state index in [-0.39, 0.29) is 24.0 Å². The summed E-state index contributed by atoms with van der Waals surface area (Å²) in [6.45, 7) is 6.76. The third kappa shape index (κ3) is 8.44. The molecule has 0 spiro atoms. The normalized spacial score (nSPS) is 11.0. The number of nitrogens with zero attached hydrogens (tertiary/aromatic N) is 2. The molecule has 0 amide bonds. The Balaban J connectivity index is 0.00000364. The first-order valence-corrected chi connectivity index (χ1v) is 9.51. The van der Waals surface area contributed by atoms with E-state index in [1.54, 1.807) is 25.5 Å². The zero-order valence-corrected chi connectivity index (χ0v) is 19.5. The molecule has 0 unspecified atom stereocenters. The van der Waals surface area contributed by atoms with Crippen molar-refractivity contribution in [2.45, 2.75) is 33.4 Å². The van der Waals surface area contributed by atoms with Gasteiger partial charge in [0, 0.05) is 50.4 Å². The lowest BCUT2D eigenvalue weighted by atomic mass is 10.1. The Morgan fingerprint density at radius 3 is 2.63 bits per heavy atom. The van der Waals surface area contributed by atoms with Crippen molar-refractivity contribution in [1.82, 2.24) is 15.6 Å². The van der Waals surface area contributed by atoms with Gasteiger partial charge in [0.1, 0.15) is 10.8 Å². The van der Waals surface area contributed by atoms with Gasteiger partial charge in [0.2, 0.25) is 0 Å². The summed E-state index contributed by atoms with van der Waals surface area (Å²) in [4.78, 5) is 9.84. The SMILES string of the molecule is CN=C(NCc1ncc(C)s1)NCc1ccc(C)cc1OCCCOC.I. The minimum atomic E-state index is 0. The Hall–Kier alpha value is -1.39. The Morgan fingerprint density at radius 1 is 1.19 bits per heavy atom. The van der Waals surface area contributed by atoms with E-state index in [9.17, 15) is 0 Å². The molecule has 0 fully saturated rings. The number of hydrogen-bond donors (Lipinski definition) is 2. The minimum Gasteiger partial charge on any atom is -0.493 e. The lowest BCUT2D eigenvalue weighted by Gasteiger charge is -2.15. The van der Waals surface area contributed by atoms with E-state index >= 15 is 0 Å². The van der Waals surface area contributed by atoms with Gasteiger partial charge in [-0.15, -0.1) is 35.3 Å². The Morgan fingerprint density at radius 2 is 1.96 bits per heavy atom. The van der Waals surface area contributed by atoms with Crippen molar-refractivity contribution in [3.63, 3.8) is 0 Å². The summed E-state index contributed by atoms with van der Waals surface area (Å²) in [6, 6.07) is 6.25. The number of benzene rings is 1. The fraction of sp³-hybridized carbons (Fsp3) is 0.474. The molecule has 2 rings (SSSR count). The van der Waals surface area contributed by atoms with Gasteiger partial charge in [-0.2, -0.15) is 0 Å². The number of halogens is 1. The number of thiazole rings is 1. The van der Waals surface area contributed by atoms with E-state index in [0.717, 1.165) is 28.7 Å². The number of aryl methyl sites for hydroxylation is 2. The molecule has 1 heterocycles. The summed E-state index contributed by atoms with van der Waals surface area (Å²) >= 11 is 1.69. The number of nitrogens with one attached hydrogen (secondary N) is 2. The maximum atomic E-state index is 5.93. The second kappa shape index (κ2) is 12.9. The van der Waals surface area contributed by atoms with E-state index in [1.807, 2.05) is 6.20 Å². The van der Waals surface area contributed by atoms with Crippen LogP contribution >= 0.6 is 35.3 Å². The summed E-state index contributed by atoms with van der Waals surface area (Å²) in [7, 11) is 3.47. The van der Waals surface area contributed by atoms with Gasteiger partial charge in [0.05, 0.1) is 13.2 Å². The van der Waals surface area contributed by atoms with Crippen LogP contribution < -0.4 is 15.4 Å². The molecule has 0 radical (unpaired) electrons. The summed E-state index contributed by atoms with van der Waals surface area (Å²) in [5.41, 5.74) is 2.28. The van der Waals surface area contributed by atoms with Crippen molar-refractivity contribution < 1.29 is 9.47 Å². The van der Waals surface area contributed by atoms with E-state index in [2.05, 4.69) is 52.7 Å². The van der Waals surface area contributed by atoms with Gasteiger partial charge in [-0.25, -0.2) is 4.98 Å². The van der Waals surface area contributed by atoms with Gasteiger partial charge in [-0.05, 0) is 25.5 Å². The Labute approximate surface area is 182 Å². The van der Waals surface area contributed by atoms with Crippen molar-refractivity contribution in [2.24, 2.45) is 4.99 Å². The quantitative estimate of drug-likeness (QED) is 0.236. The summed E-state index contributed by atoms with van der Waals surface area (Å²) in [6.07, 6.45) is 2.76. The van der Waals surface area contributed by atoms with Crippen LogP contribution in [-0.2, 0) is 17.8 Å². The second-order valence-electron chi connectivity index (χ2n) is 5.95. The molecule has 2 aromatic rings. The molecule has 0 aliphatic heterocycles. The fourth-order valence-corrected chi connectivity index (χ4v) is 3.10. The second-order valence-corrected chi connectivity index (χ2v) is 7.27. The minimum absolute atomic E-state index is 0. The topological polar surface area (TPSA) is 67.8 Å². The molecule has 8 heteroatoms. The average molecular weight is 504 g/mol. The molecule has 6 nitrogen and oxygen atoms in total. The monoisotopic (exact) mass is 504 g/mol. The number of methoxy groups -OCH3 is 1. The standard InChI is InChI=1S/C19H28N4O2S.HI/c1-14-6-7-16(17(10-14)25-9-5-8-24-4)12-22-19(20-3)23-13-18-21-11-15(2)26-18;/h6-7,10-11H,5,8-9,12-13H2,1-4H3,(H2,20,22,23);1H. The first-order valence-electron chi connectivity index (χ1n) is 8.69. The molecule has 0 aliphatic rings. The zero-order chi connectivity index (χ0) is 18.8. The highest BCUT2D eigenvalue weighted by Gasteiger charge is 2.07. The molecule has 0 bridgehead atoms. The number of aliphatic imine (C=N–C) groups is 1. The number of aromatic nitrogens is 1. The third-order valence-electron chi connectivity index (χ3n) is 3.72. The first kappa shape index (κ1) is 23.6. The van der Waals surface area contributed by atoms with Crippen LogP contribution in [0.25, 0.3) is 0 Å².